The molecule has 2 aliphatic rings. The Labute approximate surface area is 184 Å². The number of alkyl halides is 3. The molecule has 4 rings (SSSR count). The van der Waals surface area contributed by atoms with Crippen LogP contribution in [0.3, 0.4) is 0 Å². The molecule has 31 heavy (non-hydrogen) atoms. The van der Waals surface area contributed by atoms with E-state index in [4.69, 9.17) is 0 Å². The summed E-state index contributed by atoms with van der Waals surface area (Å²) in [5.41, 5.74) is 1.31. The van der Waals surface area contributed by atoms with Crippen LogP contribution in [0.2, 0.25) is 0 Å². The predicted molar refractivity (Wildman–Crippen MR) is 115 cm³/mol. The van der Waals surface area contributed by atoms with Gasteiger partial charge in [-0.15, -0.1) is 0 Å². The number of benzene rings is 1. The highest BCUT2D eigenvalue weighted by molar-refractivity contribution is 7.99. The fraction of sp³-hybridized carbons (Fsp3) is 0.522. The maximum atomic E-state index is 13.8. The molecule has 8 heteroatoms. The van der Waals surface area contributed by atoms with E-state index in [0.29, 0.717) is 18.0 Å². The van der Waals surface area contributed by atoms with Crippen molar-refractivity contribution in [1.29, 1.82) is 0 Å². The van der Waals surface area contributed by atoms with Gasteiger partial charge < -0.3 is 4.90 Å². The Kier molecular flexibility index (Phi) is 6.03. The van der Waals surface area contributed by atoms with Crippen LogP contribution >= 0.6 is 11.8 Å². The summed E-state index contributed by atoms with van der Waals surface area (Å²) in [6.07, 6.45) is -1.91. The van der Waals surface area contributed by atoms with Crippen molar-refractivity contribution < 1.29 is 18.0 Å². The minimum absolute atomic E-state index is 0.00168. The highest BCUT2D eigenvalue weighted by Gasteiger charge is 2.39. The van der Waals surface area contributed by atoms with Gasteiger partial charge in [-0.3, -0.25) is 4.79 Å². The fourth-order valence-electron chi connectivity index (χ4n) is 5.07. The number of nitrogens with zero attached hydrogens (tertiary/aromatic N) is 3. The van der Waals surface area contributed by atoms with Crippen LogP contribution in [0.4, 0.5) is 13.2 Å². The molecule has 2 atom stereocenters. The number of halogens is 3. The molecule has 0 bridgehead atoms. The number of carbonyl (C=O) groups is 1. The largest absolute Gasteiger partial charge is 0.433 e. The molecule has 0 unspecified atom stereocenters. The predicted octanol–water partition coefficient (Wildman–Crippen LogP) is 5.39. The van der Waals surface area contributed by atoms with E-state index in [0.717, 1.165) is 35.7 Å². The van der Waals surface area contributed by atoms with Crippen LogP contribution in [-0.4, -0.2) is 38.6 Å². The summed E-state index contributed by atoms with van der Waals surface area (Å²) in [4.78, 5) is 23.1. The fourth-order valence-corrected chi connectivity index (χ4v) is 5.78. The van der Waals surface area contributed by atoms with Crippen molar-refractivity contribution in [3.05, 3.63) is 41.1 Å². The topological polar surface area (TPSA) is 46.1 Å². The quantitative estimate of drug-likeness (QED) is 0.466. The van der Waals surface area contributed by atoms with Crippen LogP contribution in [-0.2, 0) is 23.8 Å². The molecule has 1 aromatic carbocycles. The van der Waals surface area contributed by atoms with Gasteiger partial charge in [0, 0.05) is 23.2 Å². The lowest BCUT2D eigenvalue weighted by Crippen LogP contribution is -2.50. The van der Waals surface area contributed by atoms with Crippen LogP contribution < -0.4 is 0 Å². The van der Waals surface area contributed by atoms with Crippen LogP contribution in [0.5, 0.6) is 0 Å². The first-order chi connectivity index (χ1) is 14.6. The zero-order chi connectivity index (χ0) is 22.3. The second-order valence-corrected chi connectivity index (χ2v) is 9.64. The molecule has 1 aliphatic carbocycles. The zero-order valence-electron chi connectivity index (χ0n) is 17.9. The van der Waals surface area contributed by atoms with Gasteiger partial charge in [-0.1, -0.05) is 43.0 Å². The maximum Gasteiger partial charge on any atom is 0.433 e. The summed E-state index contributed by atoms with van der Waals surface area (Å²) >= 11 is 0.991. The lowest BCUT2D eigenvalue weighted by atomic mass is 9.88. The van der Waals surface area contributed by atoms with E-state index < -0.39 is 11.9 Å². The minimum atomic E-state index is -4.56. The number of thioether (sulfide) groups is 1. The van der Waals surface area contributed by atoms with Gasteiger partial charge in [-0.2, -0.15) is 13.2 Å². The summed E-state index contributed by atoms with van der Waals surface area (Å²) < 4.78 is 41.4. The molecule has 4 nitrogen and oxygen atoms in total. The van der Waals surface area contributed by atoms with Crippen molar-refractivity contribution in [2.75, 3.05) is 5.75 Å². The molecule has 1 fully saturated rings. The third-order valence-electron chi connectivity index (χ3n) is 6.22. The number of carbonyl (C=O) groups excluding carboxylic acids is 1. The number of aryl methyl sites for hydroxylation is 1. The zero-order valence-corrected chi connectivity index (χ0v) is 18.7. The molecular weight excluding hydrogens is 423 g/mol. The Hall–Kier alpha value is -2.09. The van der Waals surface area contributed by atoms with Crippen molar-refractivity contribution >= 4 is 17.7 Å². The third kappa shape index (κ3) is 4.45. The Morgan fingerprint density at radius 3 is 2.45 bits per heavy atom. The number of hydrogen-bond donors (Lipinski definition) is 0. The molecule has 0 saturated carbocycles. The Morgan fingerprint density at radius 1 is 1.10 bits per heavy atom. The molecule has 166 valence electrons. The van der Waals surface area contributed by atoms with Crippen molar-refractivity contribution in [1.82, 2.24) is 14.9 Å². The van der Waals surface area contributed by atoms with Gasteiger partial charge in [0.05, 0.1) is 11.4 Å². The van der Waals surface area contributed by atoms with Crippen LogP contribution in [0.1, 0.15) is 50.4 Å². The molecule has 1 amide bonds. The molecule has 0 N–H and O–H groups in total. The van der Waals surface area contributed by atoms with Crippen LogP contribution in [0, 0.1) is 5.92 Å². The summed E-state index contributed by atoms with van der Waals surface area (Å²) in [5, 5.41) is 0.00168. The van der Waals surface area contributed by atoms with Crippen molar-refractivity contribution in [2.24, 2.45) is 5.92 Å². The third-order valence-corrected chi connectivity index (χ3v) is 7.05. The minimum Gasteiger partial charge on any atom is -0.337 e. The van der Waals surface area contributed by atoms with Crippen LogP contribution in [0.15, 0.2) is 29.4 Å². The van der Waals surface area contributed by atoms with Gasteiger partial charge in [-0.25, -0.2) is 9.97 Å². The molecule has 2 aromatic rings. The van der Waals surface area contributed by atoms with Gasteiger partial charge in [0.2, 0.25) is 5.91 Å². The number of fused-ring (bicyclic) bond motifs is 3. The average molecular weight is 450 g/mol. The molecule has 2 heterocycles. The van der Waals surface area contributed by atoms with Crippen LogP contribution in [0.25, 0.3) is 11.3 Å². The Bertz CT molecular complexity index is 983. The Balaban J connectivity index is 1.62. The molecule has 1 aromatic heterocycles. The lowest BCUT2D eigenvalue weighted by Gasteiger charge is -2.41. The summed E-state index contributed by atoms with van der Waals surface area (Å²) in [7, 11) is 0. The van der Waals surface area contributed by atoms with Gasteiger partial charge >= 0.3 is 6.18 Å². The molecule has 0 spiro atoms. The highest BCUT2D eigenvalue weighted by atomic mass is 32.2. The smallest absolute Gasteiger partial charge is 0.337 e. The number of piperidine rings is 1. The van der Waals surface area contributed by atoms with E-state index in [-0.39, 0.29) is 40.9 Å². The van der Waals surface area contributed by atoms with E-state index in [2.05, 4.69) is 16.9 Å². The number of hydrogen-bond acceptors (Lipinski definition) is 4. The van der Waals surface area contributed by atoms with Crippen molar-refractivity contribution in [3.63, 3.8) is 0 Å². The monoisotopic (exact) mass is 449 g/mol. The van der Waals surface area contributed by atoms with E-state index in [9.17, 15) is 18.0 Å². The summed E-state index contributed by atoms with van der Waals surface area (Å²) in [6, 6.07) is 7.65. The van der Waals surface area contributed by atoms with Crippen molar-refractivity contribution in [3.8, 4) is 11.3 Å². The number of aromatic nitrogens is 2. The first kappa shape index (κ1) is 22.1. The SMILES string of the molecule is CC1C[C@@H](C)N(C(=O)CSc2nc3c(c(C(F)(F)F)n2)CCc2ccccc2-3)[C@H](C)C1. The standard InChI is InChI=1S/C23H26F3N3OS/c1-13-10-14(2)29(15(3)11-13)19(30)12-31-22-27-20-17-7-5-4-6-16(17)8-9-18(20)21(28-22)23(24,25)26/h4-7,13-15H,8-12H2,1-3H3/t14-,15-/m1/s1. The van der Waals surface area contributed by atoms with Crippen molar-refractivity contribution in [2.45, 2.75) is 69.9 Å². The first-order valence-corrected chi connectivity index (χ1v) is 11.6. The lowest BCUT2D eigenvalue weighted by molar-refractivity contribution is -0.142. The second-order valence-electron chi connectivity index (χ2n) is 8.70. The number of amides is 1. The second kappa shape index (κ2) is 8.45. The highest BCUT2D eigenvalue weighted by Crippen LogP contribution is 2.40. The molecule has 1 aliphatic heterocycles. The number of likely N-dealkylation sites (tertiary alicyclic amines) is 1. The summed E-state index contributed by atoms with van der Waals surface area (Å²) in [6.45, 7) is 6.24. The van der Waals surface area contributed by atoms with E-state index in [1.165, 1.54) is 0 Å². The maximum absolute atomic E-state index is 13.8. The van der Waals surface area contributed by atoms with Gasteiger partial charge in [0.25, 0.3) is 0 Å². The normalized spacial score (nSPS) is 23.3. The van der Waals surface area contributed by atoms with E-state index >= 15 is 0 Å². The molecule has 0 radical (unpaired) electrons. The van der Waals surface area contributed by atoms with E-state index in [1.807, 2.05) is 30.9 Å². The average Bonchev–Trinajstić information content (AvgIpc) is 2.70. The first-order valence-electron chi connectivity index (χ1n) is 10.7. The number of rotatable bonds is 3. The molecule has 1 saturated heterocycles. The van der Waals surface area contributed by atoms with Gasteiger partial charge in [-0.05, 0) is 51.0 Å². The molecular formula is C23H26F3N3OS. The Morgan fingerprint density at radius 2 is 1.77 bits per heavy atom. The van der Waals surface area contributed by atoms with Gasteiger partial charge in [0.15, 0.2) is 10.9 Å². The van der Waals surface area contributed by atoms with Gasteiger partial charge in [0.1, 0.15) is 0 Å². The summed E-state index contributed by atoms with van der Waals surface area (Å²) in [5.74, 6) is 0.508. The van der Waals surface area contributed by atoms with E-state index in [1.54, 1.807) is 12.1 Å².